The van der Waals surface area contributed by atoms with Gasteiger partial charge in [0, 0.05) is 5.56 Å². The lowest BCUT2D eigenvalue weighted by molar-refractivity contribution is 0.103. The van der Waals surface area contributed by atoms with Gasteiger partial charge in [0.2, 0.25) is 0 Å². The van der Waals surface area contributed by atoms with E-state index in [0.717, 1.165) is 0 Å². The summed E-state index contributed by atoms with van der Waals surface area (Å²) in [5.41, 5.74) is 0.225. The molecule has 2 nitrogen and oxygen atoms in total. The first-order chi connectivity index (χ1) is 11.1. The molecule has 0 aliphatic rings. The molecule has 0 N–H and O–H groups in total. The van der Waals surface area contributed by atoms with Crippen molar-refractivity contribution < 1.29 is 13.9 Å². The van der Waals surface area contributed by atoms with Gasteiger partial charge in [0.15, 0.2) is 5.78 Å². The van der Waals surface area contributed by atoms with Gasteiger partial charge in [-0.1, -0.05) is 35.9 Å². The van der Waals surface area contributed by atoms with Crippen LogP contribution in [-0.2, 0) is 0 Å². The van der Waals surface area contributed by atoms with Crippen molar-refractivity contribution in [3.63, 3.8) is 0 Å². The van der Waals surface area contributed by atoms with Crippen LogP contribution in [0.3, 0.4) is 0 Å². The largest absolute Gasteiger partial charge is 0.457 e. The molecule has 0 unspecified atom stereocenters. The van der Waals surface area contributed by atoms with E-state index < -0.39 is 11.6 Å². The molecule has 4 heteroatoms. The minimum Gasteiger partial charge on any atom is -0.457 e. The summed E-state index contributed by atoms with van der Waals surface area (Å²) in [5.74, 6) is 0.197. The monoisotopic (exact) mass is 326 g/mol. The van der Waals surface area contributed by atoms with Gasteiger partial charge in [-0.05, 0) is 48.5 Å². The minimum atomic E-state index is -0.632. The predicted octanol–water partition coefficient (Wildman–Crippen LogP) is 5.50. The van der Waals surface area contributed by atoms with Crippen LogP contribution in [0, 0.1) is 5.82 Å². The van der Waals surface area contributed by atoms with Gasteiger partial charge in [-0.3, -0.25) is 4.79 Å². The molecule has 0 fully saturated rings. The highest BCUT2D eigenvalue weighted by atomic mass is 35.5. The van der Waals surface area contributed by atoms with Crippen LogP contribution in [0.5, 0.6) is 11.5 Å². The lowest BCUT2D eigenvalue weighted by Gasteiger charge is -2.08. The topological polar surface area (TPSA) is 26.3 Å². The third kappa shape index (κ3) is 3.41. The molecule has 3 rings (SSSR count). The normalized spacial score (nSPS) is 10.3. The number of hydrogen-bond donors (Lipinski definition) is 0. The summed E-state index contributed by atoms with van der Waals surface area (Å²) in [6, 6.07) is 20.0. The highest BCUT2D eigenvalue weighted by Crippen LogP contribution is 2.25. The van der Waals surface area contributed by atoms with Crippen LogP contribution in [0.4, 0.5) is 4.39 Å². The molecular weight excluding hydrogens is 315 g/mol. The third-order valence-electron chi connectivity index (χ3n) is 3.29. The molecule has 0 amide bonds. The number of para-hydroxylation sites is 1. The second-order valence-corrected chi connectivity index (χ2v) is 5.27. The van der Waals surface area contributed by atoms with E-state index >= 15 is 0 Å². The molecule has 23 heavy (non-hydrogen) atoms. The number of hydrogen-bond acceptors (Lipinski definition) is 2. The van der Waals surface area contributed by atoms with Crippen molar-refractivity contribution in [2.24, 2.45) is 0 Å². The van der Waals surface area contributed by atoms with E-state index in [-0.39, 0.29) is 10.6 Å². The molecule has 0 saturated heterocycles. The number of benzene rings is 3. The lowest BCUT2D eigenvalue weighted by atomic mass is 10.0. The fourth-order valence-corrected chi connectivity index (χ4v) is 2.41. The van der Waals surface area contributed by atoms with Crippen molar-refractivity contribution in [2.75, 3.05) is 0 Å². The molecular formula is C19H12ClFO2. The van der Waals surface area contributed by atoms with E-state index in [1.54, 1.807) is 24.3 Å². The average Bonchev–Trinajstić information content (AvgIpc) is 2.56. The maximum absolute atomic E-state index is 13.8. The van der Waals surface area contributed by atoms with Crippen molar-refractivity contribution in [1.82, 2.24) is 0 Å². The van der Waals surface area contributed by atoms with Crippen molar-refractivity contribution in [3.05, 3.63) is 94.8 Å². The van der Waals surface area contributed by atoms with Crippen LogP contribution in [0.15, 0.2) is 72.8 Å². The molecule has 0 atom stereocenters. The molecule has 0 bridgehead atoms. The maximum atomic E-state index is 13.8. The number of rotatable bonds is 4. The van der Waals surface area contributed by atoms with Gasteiger partial charge in [-0.15, -0.1) is 0 Å². The summed E-state index contributed by atoms with van der Waals surface area (Å²) < 4.78 is 19.5. The van der Waals surface area contributed by atoms with Crippen molar-refractivity contribution in [1.29, 1.82) is 0 Å². The summed E-state index contributed by atoms with van der Waals surface area (Å²) in [6.07, 6.45) is 0. The zero-order chi connectivity index (χ0) is 16.2. The summed E-state index contributed by atoms with van der Waals surface area (Å²) in [5, 5.41) is 0.0969. The van der Waals surface area contributed by atoms with Gasteiger partial charge in [0.25, 0.3) is 0 Å². The molecule has 0 aliphatic heterocycles. The summed E-state index contributed by atoms with van der Waals surface area (Å²) in [6.45, 7) is 0. The summed E-state index contributed by atoms with van der Waals surface area (Å²) in [7, 11) is 0. The van der Waals surface area contributed by atoms with Crippen LogP contribution >= 0.6 is 11.6 Å². The number of carbonyl (C=O) groups excluding carboxylic acids is 1. The fourth-order valence-electron chi connectivity index (χ4n) is 2.16. The van der Waals surface area contributed by atoms with Gasteiger partial charge in [-0.25, -0.2) is 4.39 Å². The minimum absolute atomic E-state index is 0.0969. The van der Waals surface area contributed by atoms with Crippen LogP contribution in [-0.4, -0.2) is 5.78 Å². The summed E-state index contributed by atoms with van der Waals surface area (Å²) >= 11 is 5.93. The molecule has 0 saturated carbocycles. The molecule has 0 heterocycles. The van der Waals surface area contributed by atoms with Gasteiger partial charge >= 0.3 is 0 Å². The number of ether oxygens (including phenoxy) is 1. The molecule has 114 valence electrons. The Labute approximate surface area is 138 Å². The van der Waals surface area contributed by atoms with E-state index in [1.165, 1.54) is 18.2 Å². The van der Waals surface area contributed by atoms with E-state index in [1.807, 2.05) is 30.3 Å². The first kappa shape index (κ1) is 15.3. The quantitative estimate of drug-likeness (QED) is 0.591. The Kier molecular flexibility index (Phi) is 4.40. The van der Waals surface area contributed by atoms with Crippen molar-refractivity contribution >= 4 is 17.4 Å². The van der Waals surface area contributed by atoms with Gasteiger partial charge in [0.05, 0.1) is 10.6 Å². The Morgan fingerprint density at radius 3 is 2.13 bits per heavy atom. The van der Waals surface area contributed by atoms with Gasteiger partial charge in [0.1, 0.15) is 17.3 Å². The molecule has 0 radical (unpaired) electrons. The SMILES string of the molecule is O=C(c1ccc(Oc2ccccc2)cc1)c1c(F)cccc1Cl. The molecule has 0 spiro atoms. The fraction of sp³-hybridized carbons (Fsp3) is 0. The van der Waals surface area contributed by atoms with Crippen molar-refractivity contribution in [2.45, 2.75) is 0 Å². The van der Waals surface area contributed by atoms with E-state index in [0.29, 0.717) is 17.1 Å². The highest BCUT2D eigenvalue weighted by Gasteiger charge is 2.17. The molecule has 0 aliphatic carbocycles. The zero-order valence-corrected chi connectivity index (χ0v) is 12.8. The standard InChI is InChI=1S/C19H12ClFO2/c20-16-7-4-8-17(21)18(16)19(22)13-9-11-15(12-10-13)23-14-5-2-1-3-6-14/h1-12H. The lowest BCUT2D eigenvalue weighted by Crippen LogP contribution is -2.05. The molecule has 3 aromatic carbocycles. The van der Waals surface area contributed by atoms with Crippen LogP contribution in [0.1, 0.15) is 15.9 Å². The first-order valence-corrected chi connectivity index (χ1v) is 7.34. The molecule has 3 aromatic rings. The van der Waals surface area contributed by atoms with E-state index in [9.17, 15) is 9.18 Å². The third-order valence-corrected chi connectivity index (χ3v) is 3.60. The second-order valence-electron chi connectivity index (χ2n) is 4.87. The Bertz CT molecular complexity index is 809. The number of ketones is 1. The Morgan fingerprint density at radius 2 is 1.48 bits per heavy atom. The Morgan fingerprint density at radius 1 is 0.826 bits per heavy atom. The van der Waals surface area contributed by atoms with E-state index in [4.69, 9.17) is 16.3 Å². The van der Waals surface area contributed by atoms with Crippen molar-refractivity contribution in [3.8, 4) is 11.5 Å². The second kappa shape index (κ2) is 6.63. The Balaban J connectivity index is 1.83. The number of halogens is 2. The maximum Gasteiger partial charge on any atom is 0.197 e. The summed E-state index contributed by atoms with van der Waals surface area (Å²) in [4.78, 5) is 12.4. The van der Waals surface area contributed by atoms with Crippen LogP contribution < -0.4 is 4.74 Å². The molecule has 0 aromatic heterocycles. The van der Waals surface area contributed by atoms with Crippen LogP contribution in [0.2, 0.25) is 5.02 Å². The van der Waals surface area contributed by atoms with Gasteiger partial charge in [-0.2, -0.15) is 0 Å². The van der Waals surface area contributed by atoms with Crippen LogP contribution in [0.25, 0.3) is 0 Å². The first-order valence-electron chi connectivity index (χ1n) is 6.97. The van der Waals surface area contributed by atoms with Gasteiger partial charge < -0.3 is 4.74 Å². The average molecular weight is 327 g/mol. The van der Waals surface area contributed by atoms with E-state index in [2.05, 4.69) is 0 Å². The number of carbonyl (C=O) groups is 1. The zero-order valence-electron chi connectivity index (χ0n) is 12.0. The smallest absolute Gasteiger partial charge is 0.197 e. The highest BCUT2D eigenvalue weighted by molar-refractivity contribution is 6.35. The Hall–Kier alpha value is -2.65. The predicted molar refractivity (Wildman–Crippen MR) is 87.8 cm³/mol.